The van der Waals surface area contributed by atoms with E-state index >= 15 is 0 Å². The van der Waals surface area contributed by atoms with Crippen LogP contribution >= 0.6 is 0 Å². The summed E-state index contributed by atoms with van der Waals surface area (Å²) in [6, 6.07) is 3.96. The number of hydrogen-bond acceptors (Lipinski definition) is 7. The smallest absolute Gasteiger partial charge is 0.304 e. The summed E-state index contributed by atoms with van der Waals surface area (Å²) in [7, 11) is 1.64. The van der Waals surface area contributed by atoms with E-state index in [0.29, 0.717) is 25.1 Å². The van der Waals surface area contributed by atoms with Gasteiger partial charge in [0, 0.05) is 31.9 Å². The van der Waals surface area contributed by atoms with Gasteiger partial charge in [0.1, 0.15) is 6.10 Å². The highest BCUT2D eigenvalue weighted by molar-refractivity contribution is 5.66. The summed E-state index contributed by atoms with van der Waals surface area (Å²) in [6.07, 6.45) is 4.69. The van der Waals surface area contributed by atoms with Gasteiger partial charge in [-0.15, -0.1) is 0 Å². The third-order valence-electron chi connectivity index (χ3n) is 6.16. The number of nitrogens with zero attached hydrogens (tertiary/aromatic N) is 1. The zero-order chi connectivity index (χ0) is 18.8. The van der Waals surface area contributed by atoms with E-state index in [1.165, 1.54) is 6.92 Å². The van der Waals surface area contributed by atoms with Crippen LogP contribution in [0.25, 0.3) is 0 Å². The average Bonchev–Trinajstić information content (AvgIpc) is 3.14. The molecule has 1 aromatic rings. The Labute approximate surface area is 157 Å². The van der Waals surface area contributed by atoms with E-state index in [4.69, 9.17) is 19.0 Å². The van der Waals surface area contributed by atoms with E-state index in [-0.39, 0.29) is 23.5 Å². The van der Waals surface area contributed by atoms with Gasteiger partial charge in [0.2, 0.25) is 6.29 Å². The molecule has 1 spiro atoms. The van der Waals surface area contributed by atoms with Gasteiger partial charge in [-0.25, -0.2) is 0 Å². The summed E-state index contributed by atoms with van der Waals surface area (Å²) in [5, 5.41) is 12.1. The zero-order valence-corrected chi connectivity index (χ0v) is 15.4. The molecule has 0 radical (unpaired) electrons. The third-order valence-corrected chi connectivity index (χ3v) is 6.16. The maximum absolute atomic E-state index is 11.3. The average molecular weight is 373 g/mol. The lowest BCUT2D eigenvalue weighted by Crippen LogP contribution is -2.43. The standard InChI is InChI=1S/C20H23NO6/c1-11(22)25-17-10-14-13-3-4-15(24-2)19-18(13)20(7-8-21(14)27-17)6-5-12(23)9-16(20)26-19/h3-6,12,14,16-17,23H,7-10H2,1-2H3/t12-,14+,16-,17?,20-/m0/s1. The van der Waals surface area contributed by atoms with Crippen molar-refractivity contribution in [3.63, 3.8) is 0 Å². The molecule has 0 aromatic heterocycles. The number of hydroxylamine groups is 2. The molecule has 0 saturated carbocycles. The Hall–Kier alpha value is -2.09. The quantitative estimate of drug-likeness (QED) is 0.627. The molecule has 1 saturated heterocycles. The fraction of sp³-hybridized carbons (Fsp3) is 0.550. The number of carbonyl (C=O) groups is 1. The predicted octanol–water partition coefficient (Wildman–Crippen LogP) is 1.99. The molecule has 7 nitrogen and oxygen atoms in total. The minimum absolute atomic E-state index is 0.0176. The maximum atomic E-state index is 11.3. The van der Waals surface area contributed by atoms with Crippen molar-refractivity contribution < 1.29 is 28.9 Å². The molecule has 1 aliphatic carbocycles. The molecule has 1 fully saturated rings. The zero-order valence-electron chi connectivity index (χ0n) is 15.4. The van der Waals surface area contributed by atoms with Gasteiger partial charge >= 0.3 is 5.97 Å². The topological polar surface area (TPSA) is 77.5 Å². The first-order valence-corrected chi connectivity index (χ1v) is 9.38. The lowest BCUT2D eigenvalue weighted by atomic mass is 9.68. The first-order chi connectivity index (χ1) is 13.0. The molecule has 0 bridgehead atoms. The molecule has 5 rings (SSSR count). The number of fused-ring (bicyclic) bond motifs is 2. The van der Waals surface area contributed by atoms with Crippen molar-refractivity contribution in [3.8, 4) is 11.5 Å². The van der Waals surface area contributed by atoms with Crippen molar-refractivity contribution in [3.05, 3.63) is 35.4 Å². The highest BCUT2D eigenvalue weighted by atomic mass is 16.8. The predicted molar refractivity (Wildman–Crippen MR) is 94.2 cm³/mol. The lowest BCUT2D eigenvalue weighted by molar-refractivity contribution is -0.236. The molecule has 7 heteroatoms. The minimum atomic E-state index is -0.568. The van der Waals surface area contributed by atoms with Crippen LogP contribution in [0.15, 0.2) is 24.3 Å². The van der Waals surface area contributed by atoms with Gasteiger partial charge in [-0.1, -0.05) is 18.2 Å². The van der Waals surface area contributed by atoms with E-state index in [1.54, 1.807) is 7.11 Å². The first kappa shape index (κ1) is 17.0. The van der Waals surface area contributed by atoms with Gasteiger partial charge in [-0.05, 0) is 18.1 Å². The molecule has 0 amide bonds. The van der Waals surface area contributed by atoms with Gasteiger partial charge in [-0.2, -0.15) is 5.06 Å². The van der Waals surface area contributed by atoms with E-state index in [9.17, 15) is 9.90 Å². The van der Waals surface area contributed by atoms with Crippen LogP contribution in [0.5, 0.6) is 11.5 Å². The number of aliphatic hydroxyl groups excluding tert-OH is 1. The van der Waals surface area contributed by atoms with Crippen LogP contribution in [0.4, 0.5) is 0 Å². The second-order valence-electron chi connectivity index (χ2n) is 7.66. The Bertz CT molecular complexity index is 823. The van der Waals surface area contributed by atoms with Crippen LogP contribution in [0.1, 0.15) is 43.4 Å². The van der Waals surface area contributed by atoms with E-state index in [0.717, 1.165) is 23.3 Å². The van der Waals surface area contributed by atoms with Crippen molar-refractivity contribution in [1.29, 1.82) is 0 Å². The normalized spacial score (nSPS) is 36.3. The molecule has 4 aliphatic rings. The highest BCUT2D eigenvalue weighted by Gasteiger charge is 2.55. The number of esters is 1. The Morgan fingerprint density at radius 3 is 3.00 bits per heavy atom. The van der Waals surface area contributed by atoms with Crippen molar-refractivity contribution in [1.82, 2.24) is 5.06 Å². The molecule has 3 heterocycles. The number of ether oxygens (including phenoxy) is 3. The molecular formula is C20H23NO6. The van der Waals surface area contributed by atoms with Gasteiger partial charge in [0.15, 0.2) is 11.5 Å². The minimum Gasteiger partial charge on any atom is -0.493 e. The number of hydrogen-bond donors (Lipinski definition) is 1. The monoisotopic (exact) mass is 373 g/mol. The van der Waals surface area contributed by atoms with Crippen LogP contribution in [0, 0.1) is 0 Å². The summed E-state index contributed by atoms with van der Waals surface area (Å²) in [4.78, 5) is 17.3. The fourth-order valence-electron chi connectivity index (χ4n) is 5.03. The van der Waals surface area contributed by atoms with Gasteiger partial charge < -0.3 is 19.3 Å². The number of rotatable bonds is 2. The summed E-state index contributed by atoms with van der Waals surface area (Å²) in [5.41, 5.74) is 1.93. The van der Waals surface area contributed by atoms with Crippen molar-refractivity contribution in [2.45, 2.75) is 56.1 Å². The number of aliphatic hydroxyl groups is 1. The number of methoxy groups -OCH3 is 1. The molecule has 27 heavy (non-hydrogen) atoms. The fourth-order valence-corrected chi connectivity index (χ4v) is 5.03. The molecule has 1 N–H and O–H groups in total. The summed E-state index contributed by atoms with van der Waals surface area (Å²) in [5.74, 6) is 1.12. The lowest BCUT2D eigenvalue weighted by Gasteiger charge is -2.35. The Kier molecular flexibility index (Phi) is 3.76. The van der Waals surface area contributed by atoms with Crippen LogP contribution in [0.2, 0.25) is 0 Å². The Morgan fingerprint density at radius 1 is 1.37 bits per heavy atom. The second-order valence-corrected chi connectivity index (χ2v) is 7.66. The summed E-state index contributed by atoms with van der Waals surface area (Å²) >= 11 is 0. The van der Waals surface area contributed by atoms with Gasteiger partial charge in [0.25, 0.3) is 0 Å². The Balaban J connectivity index is 1.63. The largest absolute Gasteiger partial charge is 0.493 e. The van der Waals surface area contributed by atoms with Gasteiger partial charge in [0.05, 0.1) is 24.7 Å². The molecule has 144 valence electrons. The van der Waals surface area contributed by atoms with E-state index in [2.05, 4.69) is 12.1 Å². The Morgan fingerprint density at radius 2 is 2.22 bits per heavy atom. The SMILES string of the molecule is COc1ccc2c3c1O[C@H]1C[C@@H](O)C=C[C@@]31CCN1OC(OC(C)=O)C[C@H]21. The second kappa shape index (κ2) is 5.95. The molecule has 3 aliphatic heterocycles. The molecule has 1 aromatic carbocycles. The van der Waals surface area contributed by atoms with Crippen LogP contribution < -0.4 is 9.47 Å². The van der Waals surface area contributed by atoms with E-state index in [1.807, 2.05) is 17.2 Å². The van der Waals surface area contributed by atoms with Crippen molar-refractivity contribution in [2.75, 3.05) is 13.7 Å². The van der Waals surface area contributed by atoms with Crippen LogP contribution in [-0.2, 0) is 19.8 Å². The number of benzene rings is 1. The third kappa shape index (κ3) is 2.42. The molecular weight excluding hydrogens is 350 g/mol. The number of carbonyl (C=O) groups excluding carboxylic acids is 1. The summed E-state index contributed by atoms with van der Waals surface area (Å²) < 4.78 is 17.2. The maximum Gasteiger partial charge on any atom is 0.304 e. The first-order valence-electron chi connectivity index (χ1n) is 9.38. The van der Waals surface area contributed by atoms with Crippen LogP contribution in [-0.4, -0.2) is 48.3 Å². The van der Waals surface area contributed by atoms with Crippen molar-refractivity contribution >= 4 is 5.97 Å². The summed E-state index contributed by atoms with van der Waals surface area (Å²) in [6.45, 7) is 2.07. The van der Waals surface area contributed by atoms with Crippen molar-refractivity contribution in [2.24, 2.45) is 0 Å². The molecule has 1 unspecified atom stereocenters. The van der Waals surface area contributed by atoms with E-state index < -0.39 is 12.4 Å². The van der Waals surface area contributed by atoms with Gasteiger partial charge in [-0.3, -0.25) is 9.63 Å². The highest BCUT2D eigenvalue weighted by Crippen LogP contribution is 2.58. The van der Waals surface area contributed by atoms with Crippen LogP contribution in [0.3, 0.4) is 0 Å². The molecule has 5 atom stereocenters.